The maximum atomic E-state index is 8.76. The zero-order valence-corrected chi connectivity index (χ0v) is 8.36. The molecule has 0 spiro atoms. The van der Waals surface area contributed by atoms with Gasteiger partial charge in [0.2, 0.25) is 0 Å². The van der Waals surface area contributed by atoms with E-state index in [1.165, 1.54) is 11.1 Å². The van der Waals surface area contributed by atoms with Crippen molar-refractivity contribution in [2.45, 2.75) is 13.8 Å². The Balaban J connectivity index is 0.000000146. The largest absolute Gasteiger partial charge is 0.508 e. The Labute approximate surface area is 83.4 Å². The number of phenols is 1. The number of hydrogen-bond donors (Lipinski definition) is 2. The molecule has 14 heavy (non-hydrogen) atoms. The molecule has 3 nitrogen and oxygen atoms in total. The van der Waals surface area contributed by atoms with E-state index >= 15 is 0 Å². The highest BCUT2D eigenvalue weighted by Gasteiger charge is 1.82. The first-order chi connectivity index (χ1) is 6.68. The van der Waals surface area contributed by atoms with Crippen molar-refractivity contribution < 1.29 is 5.11 Å². The van der Waals surface area contributed by atoms with Gasteiger partial charge >= 0.3 is 0 Å². The van der Waals surface area contributed by atoms with Gasteiger partial charge in [-0.3, -0.25) is 5.10 Å². The summed E-state index contributed by atoms with van der Waals surface area (Å²) in [6.07, 6.45) is 3.62. The third-order valence-electron chi connectivity index (χ3n) is 1.67. The first-order valence-corrected chi connectivity index (χ1v) is 4.39. The third-order valence-corrected chi connectivity index (χ3v) is 1.67. The number of benzene rings is 1. The van der Waals surface area contributed by atoms with Crippen molar-refractivity contribution in [3.8, 4) is 5.75 Å². The van der Waals surface area contributed by atoms with E-state index in [2.05, 4.69) is 10.2 Å². The molecule has 0 aliphatic heterocycles. The van der Waals surface area contributed by atoms with Crippen LogP contribution in [-0.4, -0.2) is 15.3 Å². The van der Waals surface area contributed by atoms with Crippen molar-refractivity contribution in [1.82, 2.24) is 10.2 Å². The van der Waals surface area contributed by atoms with E-state index in [1.54, 1.807) is 18.3 Å². The molecule has 0 bridgehead atoms. The van der Waals surface area contributed by atoms with Gasteiger partial charge in [0.05, 0.1) is 6.20 Å². The summed E-state index contributed by atoms with van der Waals surface area (Å²) in [6.45, 7) is 3.98. The lowest BCUT2D eigenvalue weighted by Crippen LogP contribution is -1.66. The summed E-state index contributed by atoms with van der Waals surface area (Å²) in [5, 5.41) is 15.1. The number of hydrogen-bond acceptors (Lipinski definition) is 2. The van der Waals surface area contributed by atoms with Crippen LogP contribution in [0.5, 0.6) is 5.75 Å². The lowest BCUT2D eigenvalue weighted by Gasteiger charge is -1.89. The van der Waals surface area contributed by atoms with E-state index in [4.69, 9.17) is 5.11 Å². The maximum absolute atomic E-state index is 8.76. The number of aromatic amines is 1. The van der Waals surface area contributed by atoms with Crippen molar-refractivity contribution in [1.29, 1.82) is 0 Å². The second-order valence-electron chi connectivity index (χ2n) is 3.11. The molecular formula is C11H14N2O. The van der Waals surface area contributed by atoms with Crippen molar-refractivity contribution in [2.75, 3.05) is 0 Å². The average molecular weight is 190 g/mol. The van der Waals surface area contributed by atoms with Gasteiger partial charge in [-0.15, -0.1) is 0 Å². The smallest absolute Gasteiger partial charge is 0.115 e. The van der Waals surface area contributed by atoms with Crippen LogP contribution in [0, 0.1) is 13.8 Å². The summed E-state index contributed by atoms with van der Waals surface area (Å²) < 4.78 is 0. The van der Waals surface area contributed by atoms with E-state index in [9.17, 15) is 0 Å². The first kappa shape index (κ1) is 10.3. The Bertz CT molecular complexity index is 330. The second kappa shape index (κ2) is 5.07. The fourth-order valence-electron chi connectivity index (χ4n) is 0.860. The van der Waals surface area contributed by atoms with E-state index in [0.717, 1.165) is 0 Å². The van der Waals surface area contributed by atoms with Crippen LogP contribution in [0.4, 0.5) is 0 Å². The Hall–Kier alpha value is -1.77. The van der Waals surface area contributed by atoms with Gasteiger partial charge in [-0.25, -0.2) is 0 Å². The van der Waals surface area contributed by atoms with Gasteiger partial charge in [0.15, 0.2) is 0 Å². The number of rotatable bonds is 0. The molecule has 0 atom stereocenters. The fourth-order valence-corrected chi connectivity index (χ4v) is 0.860. The fraction of sp³-hybridized carbons (Fsp3) is 0.182. The molecule has 2 N–H and O–H groups in total. The van der Waals surface area contributed by atoms with Crippen LogP contribution in [0.15, 0.2) is 36.7 Å². The summed E-state index contributed by atoms with van der Waals surface area (Å²) in [4.78, 5) is 0. The Morgan fingerprint density at radius 3 is 2.00 bits per heavy atom. The van der Waals surface area contributed by atoms with E-state index in [1.807, 2.05) is 32.2 Å². The van der Waals surface area contributed by atoms with Crippen LogP contribution >= 0.6 is 0 Å². The van der Waals surface area contributed by atoms with E-state index in [-0.39, 0.29) is 0 Å². The molecule has 0 saturated heterocycles. The van der Waals surface area contributed by atoms with Crippen LogP contribution in [0.3, 0.4) is 0 Å². The highest BCUT2D eigenvalue weighted by molar-refractivity contribution is 5.24. The topological polar surface area (TPSA) is 48.9 Å². The molecule has 0 saturated carbocycles. The maximum Gasteiger partial charge on any atom is 0.115 e. The standard InChI is InChI=1S/C7H8O.C4H6N2/c1-6-2-4-7(8)5-3-6;1-4-2-5-6-3-4/h2-5,8H,1H3;2-3H,1H3,(H,5,6). The molecule has 0 radical (unpaired) electrons. The van der Waals surface area contributed by atoms with E-state index in [0.29, 0.717) is 5.75 Å². The van der Waals surface area contributed by atoms with Gasteiger partial charge in [-0.2, -0.15) is 5.10 Å². The lowest BCUT2D eigenvalue weighted by molar-refractivity contribution is 0.475. The van der Waals surface area contributed by atoms with Gasteiger partial charge in [0, 0.05) is 6.20 Å². The number of aryl methyl sites for hydroxylation is 2. The molecular weight excluding hydrogens is 176 g/mol. The number of aromatic hydroxyl groups is 1. The summed E-state index contributed by atoms with van der Waals surface area (Å²) >= 11 is 0. The molecule has 1 heterocycles. The lowest BCUT2D eigenvalue weighted by atomic mass is 10.2. The second-order valence-corrected chi connectivity index (χ2v) is 3.11. The van der Waals surface area contributed by atoms with Crippen LogP contribution in [-0.2, 0) is 0 Å². The van der Waals surface area contributed by atoms with Gasteiger partial charge in [-0.1, -0.05) is 17.7 Å². The predicted molar refractivity (Wildman–Crippen MR) is 56.2 cm³/mol. The molecule has 0 amide bonds. The summed E-state index contributed by atoms with van der Waals surface area (Å²) in [5.74, 6) is 0.329. The van der Waals surface area contributed by atoms with Gasteiger partial charge < -0.3 is 5.11 Å². The number of aromatic nitrogens is 2. The third kappa shape index (κ3) is 3.76. The summed E-state index contributed by atoms with van der Waals surface area (Å²) in [7, 11) is 0. The van der Waals surface area contributed by atoms with Crippen LogP contribution in [0.2, 0.25) is 0 Å². The Morgan fingerprint density at radius 1 is 1.07 bits per heavy atom. The van der Waals surface area contributed by atoms with Crippen molar-refractivity contribution in [3.05, 3.63) is 47.8 Å². The molecule has 1 aromatic carbocycles. The number of H-pyrrole nitrogens is 1. The molecule has 74 valence electrons. The molecule has 2 aromatic rings. The summed E-state index contributed by atoms with van der Waals surface area (Å²) in [5.41, 5.74) is 2.35. The zero-order valence-electron chi connectivity index (χ0n) is 8.36. The monoisotopic (exact) mass is 190 g/mol. The molecule has 0 fully saturated rings. The van der Waals surface area contributed by atoms with Gasteiger partial charge in [0.1, 0.15) is 5.75 Å². The van der Waals surface area contributed by atoms with Crippen molar-refractivity contribution in [2.24, 2.45) is 0 Å². The summed E-state index contributed by atoms with van der Waals surface area (Å²) in [6, 6.07) is 7.09. The SMILES string of the molecule is Cc1ccc(O)cc1.Cc1cn[nH]c1. The molecule has 2 rings (SSSR count). The number of phenolic OH excluding ortho intramolecular Hbond substituents is 1. The molecule has 1 aromatic heterocycles. The molecule has 0 aliphatic carbocycles. The minimum atomic E-state index is 0.329. The number of nitrogens with one attached hydrogen (secondary N) is 1. The van der Waals surface area contributed by atoms with Gasteiger partial charge in [0.25, 0.3) is 0 Å². The minimum Gasteiger partial charge on any atom is -0.508 e. The Kier molecular flexibility index (Phi) is 3.73. The highest BCUT2D eigenvalue weighted by Crippen LogP contribution is 2.07. The van der Waals surface area contributed by atoms with Gasteiger partial charge in [-0.05, 0) is 31.5 Å². The van der Waals surface area contributed by atoms with E-state index < -0.39 is 0 Å². The highest BCUT2D eigenvalue weighted by atomic mass is 16.3. The molecule has 0 unspecified atom stereocenters. The van der Waals surface area contributed by atoms with Crippen molar-refractivity contribution >= 4 is 0 Å². The van der Waals surface area contributed by atoms with Crippen LogP contribution in [0.1, 0.15) is 11.1 Å². The number of nitrogens with zero attached hydrogens (tertiary/aromatic N) is 1. The average Bonchev–Trinajstić information content (AvgIpc) is 2.63. The molecule has 3 heteroatoms. The first-order valence-electron chi connectivity index (χ1n) is 4.39. The predicted octanol–water partition coefficient (Wildman–Crippen LogP) is 2.42. The van der Waals surface area contributed by atoms with Crippen LogP contribution in [0.25, 0.3) is 0 Å². The quantitative estimate of drug-likeness (QED) is 0.670. The van der Waals surface area contributed by atoms with Crippen LogP contribution < -0.4 is 0 Å². The normalized spacial score (nSPS) is 9.00. The molecule has 0 aliphatic rings. The zero-order chi connectivity index (χ0) is 10.4. The van der Waals surface area contributed by atoms with Crippen molar-refractivity contribution in [3.63, 3.8) is 0 Å². The minimum absolute atomic E-state index is 0.329. The Morgan fingerprint density at radius 2 is 1.71 bits per heavy atom.